The Morgan fingerprint density at radius 1 is 0.980 bits per heavy atom. The number of carbonyl (C=O) groups is 1. The topological polar surface area (TPSA) is 173 Å². The molecule has 0 aliphatic carbocycles. The Hall–Kier alpha value is -6.39. The van der Waals surface area contributed by atoms with Gasteiger partial charge >= 0.3 is 6.09 Å². The molecular weight excluding hydrogens is 618 g/mol. The van der Waals surface area contributed by atoms with Crippen LogP contribution in [0.4, 0.5) is 22.1 Å². The van der Waals surface area contributed by atoms with E-state index < -0.39 is 6.09 Å². The summed E-state index contributed by atoms with van der Waals surface area (Å²) in [7, 11) is 1.33. The Morgan fingerprint density at radius 2 is 1.82 bits per heavy atom. The summed E-state index contributed by atoms with van der Waals surface area (Å²) in [5, 5.41) is 15.2. The molecule has 4 aromatic heterocycles. The Kier molecular flexibility index (Phi) is 8.77. The normalized spacial score (nSPS) is 13.6. The van der Waals surface area contributed by atoms with E-state index in [0.29, 0.717) is 45.6 Å². The van der Waals surface area contributed by atoms with E-state index in [1.54, 1.807) is 24.5 Å². The van der Waals surface area contributed by atoms with Crippen LogP contribution in [-0.2, 0) is 11.3 Å². The molecule has 0 unspecified atom stereocenters. The standard InChI is InChI=1S/C36H33N11O2/c1-49-36(48)42-26-5-2-4-24(20-26)29-11-12-30-35(43-29)47(34(44-30)28-6-3-16-40-33(28)38)27-9-7-23(8-10-27)22-46-18-14-25(15-19-46)41-31-13-17-39-32(21-37)45-31/h2-13,16-17,20,25H,14-15,18-19,22H2,1H3,(H2,38,40)(H,42,48)(H,39,41,45). The van der Waals surface area contributed by atoms with Crippen molar-refractivity contribution in [2.24, 2.45) is 0 Å². The fraction of sp³-hybridized carbons (Fsp3) is 0.194. The molecule has 5 heterocycles. The maximum atomic E-state index is 11.8. The minimum atomic E-state index is -0.545. The number of hydrogen-bond acceptors (Lipinski definition) is 11. The molecule has 13 nitrogen and oxygen atoms in total. The van der Waals surface area contributed by atoms with Crippen LogP contribution in [-0.4, -0.2) is 66.7 Å². The number of nitrogens with zero attached hydrogens (tertiary/aromatic N) is 8. The molecule has 7 rings (SSSR count). The van der Waals surface area contributed by atoms with Crippen molar-refractivity contribution in [3.8, 4) is 34.4 Å². The van der Waals surface area contributed by atoms with Crippen LogP contribution >= 0.6 is 0 Å². The van der Waals surface area contributed by atoms with Crippen molar-refractivity contribution in [2.75, 3.05) is 36.6 Å². The van der Waals surface area contributed by atoms with Crippen LogP contribution in [0.5, 0.6) is 0 Å². The number of hydrogen-bond donors (Lipinski definition) is 3. The monoisotopic (exact) mass is 651 g/mol. The molecule has 13 heteroatoms. The summed E-state index contributed by atoms with van der Waals surface area (Å²) in [6.45, 7) is 2.70. The van der Waals surface area contributed by atoms with Crippen molar-refractivity contribution in [3.63, 3.8) is 0 Å². The first-order valence-corrected chi connectivity index (χ1v) is 15.8. The number of fused-ring (bicyclic) bond motifs is 1. The number of pyridine rings is 2. The number of ether oxygens (including phenoxy) is 1. The van der Waals surface area contributed by atoms with Gasteiger partial charge in [0.2, 0.25) is 5.82 Å². The highest BCUT2D eigenvalue weighted by Crippen LogP contribution is 2.32. The predicted octanol–water partition coefficient (Wildman–Crippen LogP) is 5.65. The van der Waals surface area contributed by atoms with Gasteiger partial charge in [-0.15, -0.1) is 0 Å². The van der Waals surface area contributed by atoms with E-state index in [1.165, 1.54) is 12.7 Å². The number of anilines is 3. The Balaban J connectivity index is 1.14. The molecule has 1 fully saturated rings. The fourth-order valence-corrected chi connectivity index (χ4v) is 6.02. The first kappa shape index (κ1) is 31.2. The first-order valence-electron chi connectivity index (χ1n) is 15.8. The molecule has 49 heavy (non-hydrogen) atoms. The van der Waals surface area contributed by atoms with E-state index in [4.69, 9.17) is 25.7 Å². The molecule has 0 atom stereocenters. The highest BCUT2D eigenvalue weighted by atomic mass is 16.5. The van der Waals surface area contributed by atoms with Crippen molar-refractivity contribution in [1.29, 1.82) is 5.26 Å². The van der Waals surface area contributed by atoms with Crippen molar-refractivity contribution in [1.82, 2.24) is 34.4 Å². The van der Waals surface area contributed by atoms with Crippen LogP contribution in [0.15, 0.2) is 91.3 Å². The summed E-state index contributed by atoms with van der Waals surface area (Å²) >= 11 is 0. The SMILES string of the molecule is COC(=O)Nc1cccc(-c2ccc3nc(-c4cccnc4N)n(-c4ccc(CN5CCC(Nc6ccnc(C#N)n6)CC5)cc4)c3n2)c1. The molecule has 6 aromatic rings. The van der Waals surface area contributed by atoms with Gasteiger partial charge in [-0.25, -0.2) is 29.7 Å². The summed E-state index contributed by atoms with van der Waals surface area (Å²) in [6.07, 6.45) is 4.66. The molecule has 0 saturated carbocycles. The maximum absolute atomic E-state index is 11.8. The van der Waals surface area contributed by atoms with Gasteiger partial charge in [-0.05, 0) is 73.0 Å². The highest BCUT2D eigenvalue weighted by molar-refractivity contribution is 5.87. The van der Waals surface area contributed by atoms with Gasteiger partial charge in [0, 0.05) is 55.0 Å². The van der Waals surface area contributed by atoms with Gasteiger partial charge in [-0.3, -0.25) is 14.8 Å². The van der Waals surface area contributed by atoms with Gasteiger partial charge in [0.15, 0.2) is 11.5 Å². The molecule has 1 saturated heterocycles. The first-order chi connectivity index (χ1) is 24.0. The second-order valence-electron chi connectivity index (χ2n) is 11.7. The molecule has 4 N–H and O–H groups in total. The van der Waals surface area contributed by atoms with Gasteiger partial charge in [0.1, 0.15) is 23.2 Å². The average Bonchev–Trinajstić information content (AvgIpc) is 3.51. The van der Waals surface area contributed by atoms with Crippen LogP contribution in [0.25, 0.3) is 39.5 Å². The highest BCUT2D eigenvalue weighted by Gasteiger charge is 2.21. The van der Waals surface area contributed by atoms with Gasteiger partial charge in [0.25, 0.3) is 0 Å². The molecule has 2 aromatic carbocycles. The van der Waals surface area contributed by atoms with E-state index in [2.05, 4.69) is 54.8 Å². The number of piperidine rings is 1. The quantitative estimate of drug-likeness (QED) is 0.186. The molecule has 1 aliphatic heterocycles. The number of methoxy groups -OCH3 is 1. The fourth-order valence-electron chi connectivity index (χ4n) is 6.02. The predicted molar refractivity (Wildman–Crippen MR) is 187 cm³/mol. The number of nitrogens with one attached hydrogen (secondary N) is 2. The molecule has 0 bridgehead atoms. The van der Waals surface area contributed by atoms with Gasteiger partial charge in [0.05, 0.1) is 18.4 Å². The third-order valence-electron chi connectivity index (χ3n) is 8.47. The van der Waals surface area contributed by atoms with Crippen LogP contribution < -0.4 is 16.4 Å². The van der Waals surface area contributed by atoms with E-state index in [1.807, 2.05) is 53.1 Å². The Labute approximate surface area is 282 Å². The van der Waals surface area contributed by atoms with E-state index in [0.717, 1.165) is 43.7 Å². The number of amides is 1. The average molecular weight is 652 g/mol. The lowest BCUT2D eigenvalue weighted by Gasteiger charge is -2.32. The zero-order chi connectivity index (χ0) is 33.7. The van der Waals surface area contributed by atoms with Crippen molar-refractivity contribution in [3.05, 3.63) is 103 Å². The minimum absolute atomic E-state index is 0.168. The van der Waals surface area contributed by atoms with Crippen LogP contribution in [0.3, 0.4) is 0 Å². The molecule has 0 radical (unpaired) electrons. The number of nitrogens with two attached hydrogens (primary N) is 1. The zero-order valence-electron chi connectivity index (χ0n) is 26.7. The van der Waals surface area contributed by atoms with Crippen LogP contribution in [0.1, 0.15) is 24.2 Å². The summed E-state index contributed by atoms with van der Waals surface area (Å²) < 4.78 is 6.76. The smallest absolute Gasteiger partial charge is 0.411 e. The van der Waals surface area contributed by atoms with Gasteiger partial charge in [-0.2, -0.15) is 5.26 Å². The molecular formula is C36H33N11O2. The number of nitrogen functional groups attached to an aromatic ring is 1. The van der Waals surface area contributed by atoms with Crippen molar-refractivity contribution >= 4 is 34.6 Å². The lowest BCUT2D eigenvalue weighted by Crippen LogP contribution is -2.38. The number of benzene rings is 2. The third kappa shape index (κ3) is 6.85. The lowest BCUT2D eigenvalue weighted by atomic mass is 10.0. The zero-order valence-corrected chi connectivity index (χ0v) is 26.7. The summed E-state index contributed by atoms with van der Waals surface area (Å²) in [6, 6.07) is 27.5. The van der Waals surface area contributed by atoms with E-state index in [-0.39, 0.29) is 11.9 Å². The minimum Gasteiger partial charge on any atom is -0.453 e. The second-order valence-corrected chi connectivity index (χ2v) is 11.7. The third-order valence-corrected chi connectivity index (χ3v) is 8.47. The van der Waals surface area contributed by atoms with Crippen LogP contribution in [0.2, 0.25) is 0 Å². The number of imidazole rings is 1. The van der Waals surface area contributed by atoms with Gasteiger partial charge in [-0.1, -0.05) is 24.3 Å². The maximum Gasteiger partial charge on any atom is 0.411 e. The number of nitriles is 1. The van der Waals surface area contributed by atoms with Gasteiger partial charge < -0.3 is 15.8 Å². The lowest BCUT2D eigenvalue weighted by molar-refractivity contribution is 0.187. The van der Waals surface area contributed by atoms with E-state index in [9.17, 15) is 4.79 Å². The summed E-state index contributed by atoms with van der Waals surface area (Å²) in [4.78, 5) is 36.8. The Bertz CT molecular complexity index is 2170. The molecule has 244 valence electrons. The molecule has 1 aliphatic rings. The molecule has 1 amide bonds. The largest absolute Gasteiger partial charge is 0.453 e. The van der Waals surface area contributed by atoms with E-state index >= 15 is 0 Å². The summed E-state index contributed by atoms with van der Waals surface area (Å²) in [5.41, 5.74) is 12.6. The number of aromatic nitrogens is 6. The molecule has 0 spiro atoms. The van der Waals surface area contributed by atoms with Crippen molar-refractivity contribution < 1.29 is 9.53 Å². The Morgan fingerprint density at radius 3 is 2.59 bits per heavy atom. The number of carbonyl (C=O) groups excluding carboxylic acids is 1. The van der Waals surface area contributed by atoms with Crippen molar-refractivity contribution in [2.45, 2.75) is 25.4 Å². The second kappa shape index (κ2) is 13.8. The summed E-state index contributed by atoms with van der Waals surface area (Å²) in [5.74, 6) is 1.87. The number of likely N-dealkylation sites (tertiary alicyclic amines) is 1. The van der Waals surface area contributed by atoms with Crippen LogP contribution in [0, 0.1) is 11.3 Å². The number of rotatable bonds is 8.